The van der Waals surface area contributed by atoms with Gasteiger partial charge in [0.15, 0.2) is 12.1 Å². The molecule has 1 unspecified atom stereocenters. The summed E-state index contributed by atoms with van der Waals surface area (Å²) in [5.74, 6) is 0. The van der Waals surface area contributed by atoms with Crippen LogP contribution in [0.25, 0.3) is 0 Å². The predicted octanol–water partition coefficient (Wildman–Crippen LogP) is 0.316. The van der Waals surface area contributed by atoms with Crippen molar-refractivity contribution in [3.63, 3.8) is 0 Å². The van der Waals surface area contributed by atoms with Gasteiger partial charge in [0.05, 0.1) is 7.11 Å². The van der Waals surface area contributed by atoms with Gasteiger partial charge in [-0.2, -0.15) is 10.5 Å². The molecular weight excluding hydrogens is 143 g/mol. The molecule has 0 amide bonds. The SMILES string of the molecule is CO[P+](=O)O.N#CC#N. The van der Waals surface area contributed by atoms with Crippen molar-refractivity contribution in [3.05, 3.63) is 0 Å². The highest BCUT2D eigenvalue weighted by Gasteiger charge is 2.02. The van der Waals surface area contributed by atoms with E-state index in [1.165, 1.54) is 19.2 Å². The van der Waals surface area contributed by atoms with E-state index in [-0.39, 0.29) is 0 Å². The molecule has 0 heterocycles. The predicted molar refractivity (Wildman–Crippen MR) is 28.1 cm³/mol. The van der Waals surface area contributed by atoms with Gasteiger partial charge in [0.2, 0.25) is 0 Å². The van der Waals surface area contributed by atoms with Gasteiger partial charge in [-0.25, -0.2) is 0 Å². The first-order valence-corrected chi connectivity index (χ1v) is 2.80. The Bertz CT molecular complexity index is 143. The van der Waals surface area contributed by atoms with E-state index in [0.717, 1.165) is 0 Å². The summed E-state index contributed by atoms with van der Waals surface area (Å²) in [6.07, 6.45) is 0. The van der Waals surface area contributed by atoms with Crippen LogP contribution in [0.3, 0.4) is 0 Å². The van der Waals surface area contributed by atoms with E-state index in [1.54, 1.807) is 0 Å². The van der Waals surface area contributed by atoms with Crippen LogP contribution in [0.4, 0.5) is 0 Å². The molecule has 1 atom stereocenters. The fourth-order valence-corrected chi connectivity index (χ4v) is 0. The summed E-state index contributed by atoms with van der Waals surface area (Å²) in [6.45, 7) is 0. The first-order valence-electron chi connectivity index (χ1n) is 1.67. The molecule has 1 N–H and O–H groups in total. The maximum absolute atomic E-state index is 9.29. The third kappa shape index (κ3) is 43.8. The normalized spacial score (nSPS) is 7.33. The van der Waals surface area contributed by atoms with Crippen LogP contribution >= 0.6 is 8.25 Å². The molecule has 0 spiro atoms. The second kappa shape index (κ2) is 10.1. The highest BCUT2D eigenvalue weighted by atomic mass is 31.1. The Balaban J connectivity index is 0. The first-order chi connectivity index (χ1) is 4.18. The first kappa shape index (κ1) is 10.9. The second-order valence-corrected chi connectivity index (χ2v) is 1.48. The molecule has 0 aliphatic rings. The van der Waals surface area contributed by atoms with E-state index in [0.29, 0.717) is 0 Å². The average Bonchev–Trinajstić information content (AvgIpc) is 1.89. The van der Waals surface area contributed by atoms with Crippen molar-refractivity contribution in [2.75, 3.05) is 7.11 Å². The fraction of sp³-hybridized carbons (Fsp3) is 0.333. The van der Waals surface area contributed by atoms with E-state index in [1.807, 2.05) is 0 Å². The topological polar surface area (TPSA) is 94.1 Å². The third-order valence-corrected chi connectivity index (χ3v) is 0.519. The maximum atomic E-state index is 9.29. The number of nitrogens with zero attached hydrogens (tertiary/aromatic N) is 2. The number of hydrogen-bond donors (Lipinski definition) is 1. The van der Waals surface area contributed by atoms with Gasteiger partial charge >= 0.3 is 8.25 Å². The van der Waals surface area contributed by atoms with Crippen molar-refractivity contribution >= 4 is 8.25 Å². The van der Waals surface area contributed by atoms with Crippen LogP contribution in [0.2, 0.25) is 0 Å². The van der Waals surface area contributed by atoms with Crippen LogP contribution < -0.4 is 0 Å². The lowest BCUT2D eigenvalue weighted by Gasteiger charge is -1.55. The average molecular weight is 147 g/mol. The molecule has 0 saturated heterocycles. The quantitative estimate of drug-likeness (QED) is 0.538. The van der Waals surface area contributed by atoms with Gasteiger partial charge in [-0.3, -0.25) is 0 Å². The van der Waals surface area contributed by atoms with Crippen molar-refractivity contribution in [2.45, 2.75) is 0 Å². The Morgan fingerprint density at radius 2 is 1.78 bits per heavy atom. The number of hydrogen-bond acceptors (Lipinski definition) is 4. The highest BCUT2D eigenvalue weighted by Crippen LogP contribution is 2.09. The zero-order chi connectivity index (χ0) is 7.70. The summed E-state index contributed by atoms with van der Waals surface area (Å²) in [5.41, 5.74) is 0. The molecule has 0 rings (SSSR count). The van der Waals surface area contributed by atoms with Gasteiger partial charge in [-0.15, -0.1) is 9.42 Å². The molecule has 0 aromatic heterocycles. The molecule has 6 heteroatoms. The zero-order valence-electron chi connectivity index (χ0n) is 4.61. The molecular formula is C3H4N2O3P+. The minimum atomic E-state index is -2.35. The van der Waals surface area contributed by atoms with Gasteiger partial charge < -0.3 is 0 Å². The van der Waals surface area contributed by atoms with Gasteiger partial charge in [0, 0.05) is 4.57 Å². The minimum absolute atomic E-state index is 1.17. The smallest absolute Gasteiger partial charge is 0.181 e. The Labute approximate surface area is 53.0 Å². The lowest BCUT2D eigenvalue weighted by Crippen LogP contribution is -1.57. The Hall–Kier alpha value is -1.00. The Kier molecular flexibility index (Phi) is 12.2. The van der Waals surface area contributed by atoms with Crippen LogP contribution in [-0.2, 0) is 9.09 Å². The minimum Gasteiger partial charge on any atom is -0.181 e. The summed E-state index contributed by atoms with van der Waals surface area (Å²) in [6, 6.07) is 2.47. The van der Waals surface area contributed by atoms with Crippen molar-refractivity contribution in [3.8, 4) is 12.1 Å². The second-order valence-electron chi connectivity index (χ2n) is 0.644. The van der Waals surface area contributed by atoms with E-state index in [9.17, 15) is 4.57 Å². The number of rotatable bonds is 1. The van der Waals surface area contributed by atoms with Crippen molar-refractivity contribution in [2.24, 2.45) is 0 Å². The van der Waals surface area contributed by atoms with Crippen LogP contribution in [0.5, 0.6) is 0 Å². The molecule has 0 aromatic rings. The van der Waals surface area contributed by atoms with E-state index >= 15 is 0 Å². The van der Waals surface area contributed by atoms with Crippen molar-refractivity contribution in [1.29, 1.82) is 10.5 Å². The molecule has 0 fully saturated rings. The molecule has 5 nitrogen and oxygen atoms in total. The molecule has 0 radical (unpaired) electrons. The van der Waals surface area contributed by atoms with Crippen molar-refractivity contribution < 1.29 is 14.0 Å². The van der Waals surface area contributed by atoms with Gasteiger partial charge in [0.25, 0.3) is 0 Å². The van der Waals surface area contributed by atoms with Gasteiger partial charge in [-0.05, 0) is 0 Å². The van der Waals surface area contributed by atoms with E-state index < -0.39 is 8.25 Å². The van der Waals surface area contributed by atoms with Gasteiger partial charge in [-0.1, -0.05) is 0 Å². The molecule has 9 heavy (non-hydrogen) atoms. The lowest BCUT2D eigenvalue weighted by atomic mass is 10.9. The molecule has 0 aliphatic carbocycles. The van der Waals surface area contributed by atoms with Crippen LogP contribution in [-0.4, -0.2) is 12.0 Å². The van der Waals surface area contributed by atoms with Crippen LogP contribution in [0.15, 0.2) is 0 Å². The van der Waals surface area contributed by atoms with Crippen LogP contribution in [0, 0.1) is 22.7 Å². The van der Waals surface area contributed by atoms with E-state index in [4.69, 9.17) is 15.4 Å². The summed E-state index contributed by atoms with van der Waals surface area (Å²) < 4.78 is 13.1. The molecule has 0 bridgehead atoms. The summed E-state index contributed by atoms with van der Waals surface area (Å²) in [7, 11) is -1.18. The molecule has 48 valence electrons. The lowest BCUT2D eigenvalue weighted by molar-refractivity contribution is 0.343. The molecule has 0 aromatic carbocycles. The summed E-state index contributed by atoms with van der Waals surface area (Å²) >= 11 is 0. The standard InChI is InChI=1S/C2N2.CH3O3P/c3-1-2-4;1-4-5(2)3/h;1H3/p+1. The van der Waals surface area contributed by atoms with Gasteiger partial charge in [0.1, 0.15) is 0 Å². The summed E-state index contributed by atoms with van der Waals surface area (Å²) in [4.78, 5) is 7.65. The maximum Gasteiger partial charge on any atom is 0.694 e. The Morgan fingerprint density at radius 3 is 1.78 bits per heavy atom. The monoisotopic (exact) mass is 147 g/mol. The number of nitriles is 2. The molecule has 0 aliphatic heterocycles. The largest absolute Gasteiger partial charge is 0.694 e. The third-order valence-electron chi connectivity index (χ3n) is 0.206. The fourth-order valence-electron chi connectivity index (χ4n) is 0. The van der Waals surface area contributed by atoms with Crippen LogP contribution in [0.1, 0.15) is 0 Å². The zero-order valence-corrected chi connectivity index (χ0v) is 5.50. The molecule has 0 saturated carbocycles. The van der Waals surface area contributed by atoms with E-state index in [2.05, 4.69) is 4.52 Å². The highest BCUT2D eigenvalue weighted by molar-refractivity contribution is 7.32. The van der Waals surface area contributed by atoms with Crippen molar-refractivity contribution in [1.82, 2.24) is 0 Å². The Morgan fingerprint density at radius 1 is 1.56 bits per heavy atom. The summed E-state index contributed by atoms with van der Waals surface area (Å²) in [5, 5.41) is 14.5.